The first-order valence-corrected chi connectivity index (χ1v) is 6.37. The SMILES string of the molecule is O=C1CCC(NC(=O)c2c(F)cccc2Br)C(=O)N1. The molecule has 1 aliphatic rings. The Balaban J connectivity index is 2.13. The number of nitrogens with one attached hydrogen (secondary N) is 2. The molecule has 2 rings (SSSR count). The number of halogens is 2. The molecule has 100 valence electrons. The van der Waals surface area contributed by atoms with Gasteiger partial charge in [0.15, 0.2) is 0 Å². The maximum absolute atomic E-state index is 13.6. The van der Waals surface area contributed by atoms with Crippen LogP contribution in [0.5, 0.6) is 0 Å². The second-order valence-electron chi connectivity index (χ2n) is 4.07. The van der Waals surface area contributed by atoms with Gasteiger partial charge in [-0.05, 0) is 34.5 Å². The Hall–Kier alpha value is -1.76. The summed E-state index contributed by atoms with van der Waals surface area (Å²) in [6.45, 7) is 0. The molecule has 19 heavy (non-hydrogen) atoms. The number of hydrogen-bond acceptors (Lipinski definition) is 3. The van der Waals surface area contributed by atoms with E-state index in [0.29, 0.717) is 4.47 Å². The Morgan fingerprint density at radius 2 is 2.16 bits per heavy atom. The fourth-order valence-electron chi connectivity index (χ4n) is 1.78. The summed E-state index contributed by atoms with van der Waals surface area (Å²) in [5.41, 5.74) is -0.160. The number of hydrogen-bond donors (Lipinski definition) is 2. The van der Waals surface area contributed by atoms with Gasteiger partial charge in [0, 0.05) is 10.9 Å². The van der Waals surface area contributed by atoms with Crippen LogP contribution in [0.15, 0.2) is 22.7 Å². The number of benzene rings is 1. The van der Waals surface area contributed by atoms with E-state index >= 15 is 0 Å². The number of piperidine rings is 1. The van der Waals surface area contributed by atoms with Crippen LogP contribution in [-0.2, 0) is 9.59 Å². The van der Waals surface area contributed by atoms with Gasteiger partial charge >= 0.3 is 0 Å². The van der Waals surface area contributed by atoms with Crippen molar-refractivity contribution in [3.63, 3.8) is 0 Å². The maximum Gasteiger partial charge on any atom is 0.256 e. The van der Waals surface area contributed by atoms with Crippen molar-refractivity contribution in [3.8, 4) is 0 Å². The highest BCUT2D eigenvalue weighted by molar-refractivity contribution is 9.10. The fourth-order valence-corrected chi connectivity index (χ4v) is 2.30. The van der Waals surface area contributed by atoms with Crippen LogP contribution < -0.4 is 10.6 Å². The molecule has 0 aromatic heterocycles. The van der Waals surface area contributed by atoms with Gasteiger partial charge < -0.3 is 5.32 Å². The van der Waals surface area contributed by atoms with Gasteiger partial charge in [0.05, 0.1) is 5.56 Å². The molecule has 0 bridgehead atoms. The molecule has 0 radical (unpaired) electrons. The van der Waals surface area contributed by atoms with Crippen molar-refractivity contribution in [2.45, 2.75) is 18.9 Å². The van der Waals surface area contributed by atoms with Crippen molar-refractivity contribution >= 4 is 33.7 Å². The van der Waals surface area contributed by atoms with Gasteiger partial charge in [0.25, 0.3) is 5.91 Å². The van der Waals surface area contributed by atoms with Crippen molar-refractivity contribution in [1.82, 2.24) is 10.6 Å². The molecule has 1 aliphatic heterocycles. The Morgan fingerprint density at radius 1 is 1.42 bits per heavy atom. The molecule has 5 nitrogen and oxygen atoms in total. The Bertz CT molecular complexity index is 542. The second kappa shape index (κ2) is 5.48. The van der Waals surface area contributed by atoms with Crippen LogP contribution >= 0.6 is 15.9 Å². The highest BCUT2D eigenvalue weighted by Crippen LogP contribution is 2.20. The lowest BCUT2D eigenvalue weighted by Gasteiger charge is -2.22. The lowest BCUT2D eigenvalue weighted by molar-refractivity contribution is -0.134. The highest BCUT2D eigenvalue weighted by Gasteiger charge is 2.29. The first-order chi connectivity index (χ1) is 8.99. The molecule has 1 unspecified atom stereocenters. The average molecular weight is 329 g/mol. The molecule has 3 amide bonds. The minimum Gasteiger partial charge on any atom is -0.340 e. The van der Waals surface area contributed by atoms with Crippen molar-refractivity contribution in [1.29, 1.82) is 0 Å². The molecule has 1 fully saturated rings. The van der Waals surface area contributed by atoms with Crippen LogP contribution in [0, 0.1) is 5.82 Å². The van der Waals surface area contributed by atoms with E-state index in [9.17, 15) is 18.8 Å². The maximum atomic E-state index is 13.6. The van der Waals surface area contributed by atoms with Crippen LogP contribution in [0.2, 0.25) is 0 Å². The van der Waals surface area contributed by atoms with Crippen molar-refractivity contribution < 1.29 is 18.8 Å². The highest BCUT2D eigenvalue weighted by atomic mass is 79.9. The lowest BCUT2D eigenvalue weighted by Crippen LogP contribution is -2.52. The summed E-state index contributed by atoms with van der Waals surface area (Å²) in [4.78, 5) is 34.4. The van der Waals surface area contributed by atoms with E-state index in [1.54, 1.807) is 0 Å². The Kier molecular flexibility index (Phi) is 3.94. The van der Waals surface area contributed by atoms with Crippen molar-refractivity contribution in [2.24, 2.45) is 0 Å². The molecule has 2 N–H and O–H groups in total. The van der Waals surface area contributed by atoms with Crippen LogP contribution in [-0.4, -0.2) is 23.8 Å². The summed E-state index contributed by atoms with van der Waals surface area (Å²) in [6.07, 6.45) is 0.359. The Morgan fingerprint density at radius 3 is 2.79 bits per heavy atom. The largest absolute Gasteiger partial charge is 0.340 e. The standard InChI is InChI=1S/C12H10BrFN2O3/c13-6-2-1-3-7(14)10(6)12(19)15-8-4-5-9(17)16-11(8)18/h1-3,8H,4-5H2,(H,15,19)(H,16,17,18). The predicted octanol–water partition coefficient (Wildman–Crippen LogP) is 1.12. The number of amides is 3. The number of rotatable bonds is 2. The summed E-state index contributed by atoms with van der Waals surface area (Å²) < 4.78 is 13.9. The molecule has 0 saturated carbocycles. The van der Waals surface area contributed by atoms with Gasteiger partial charge in [-0.2, -0.15) is 0 Å². The quantitative estimate of drug-likeness (QED) is 0.799. The number of carbonyl (C=O) groups excluding carboxylic acids is 3. The van der Waals surface area contributed by atoms with Crippen LogP contribution in [0.4, 0.5) is 4.39 Å². The van der Waals surface area contributed by atoms with Gasteiger partial charge in [0.2, 0.25) is 11.8 Å². The summed E-state index contributed by atoms with van der Waals surface area (Å²) in [6, 6.07) is 3.33. The first-order valence-electron chi connectivity index (χ1n) is 5.57. The lowest BCUT2D eigenvalue weighted by atomic mass is 10.1. The zero-order valence-corrected chi connectivity index (χ0v) is 11.3. The fraction of sp³-hybridized carbons (Fsp3) is 0.250. The molecular formula is C12H10BrFN2O3. The van der Waals surface area contributed by atoms with E-state index in [-0.39, 0.29) is 24.3 Å². The molecule has 1 saturated heterocycles. The summed E-state index contributed by atoms with van der Waals surface area (Å²) in [7, 11) is 0. The van der Waals surface area contributed by atoms with Crippen molar-refractivity contribution in [2.75, 3.05) is 0 Å². The van der Waals surface area contributed by atoms with Crippen LogP contribution in [0.3, 0.4) is 0 Å². The molecule has 1 aromatic rings. The summed E-state index contributed by atoms with van der Waals surface area (Å²) in [5.74, 6) is -2.32. The third kappa shape index (κ3) is 2.98. The smallest absolute Gasteiger partial charge is 0.256 e. The zero-order chi connectivity index (χ0) is 14.0. The van der Waals surface area contributed by atoms with Gasteiger partial charge in [-0.25, -0.2) is 4.39 Å². The molecule has 7 heteroatoms. The number of imide groups is 1. The van der Waals surface area contributed by atoms with E-state index in [2.05, 4.69) is 26.6 Å². The van der Waals surface area contributed by atoms with Gasteiger partial charge in [-0.15, -0.1) is 0 Å². The van der Waals surface area contributed by atoms with Gasteiger partial charge in [-0.1, -0.05) is 6.07 Å². The van der Waals surface area contributed by atoms with Crippen LogP contribution in [0.1, 0.15) is 23.2 Å². The Labute approximate surface area is 116 Å². The first kappa shape index (κ1) is 13.7. The van der Waals surface area contributed by atoms with Crippen molar-refractivity contribution in [3.05, 3.63) is 34.1 Å². The molecule has 1 heterocycles. The molecule has 0 aliphatic carbocycles. The van der Waals surface area contributed by atoms with E-state index in [4.69, 9.17) is 0 Å². The third-order valence-corrected chi connectivity index (χ3v) is 3.40. The van der Waals surface area contributed by atoms with E-state index in [1.165, 1.54) is 12.1 Å². The van der Waals surface area contributed by atoms with E-state index < -0.39 is 23.7 Å². The van der Waals surface area contributed by atoms with E-state index in [0.717, 1.165) is 6.07 Å². The van der Waals surface area contributed by atoms with Gasteiger partial charge in [0.1, 0.15) is 11.9 Å². The predicted molar refractivity (Wildman–Crippen MR) is 67.7 cm³/mol. The summed E-state index contributed by atoms with van der Waals surface area (Å²) >= 11 is 3.08. The molecule has 1 aromatic carbocycles. The topological polar surface area (TPSA) is 75.3 Å². The normalized spacial score (nSPS) is 18.9. The second-order valence-corrected chi connectivity index (χ2v) is 4.93. The van der Waals surface area contributed by atoms with E-state index in [1.807, 2.05) is 0 Å². The average Bonchev–Trinajstić information content (AvgIpc) is 2.32. The minimum atomic E-state index is -0.822. The summed E-state index contributed by atoms with van der Waals surface area (Å²) in [5, 5.41) is 4.53. The molecular weight excluding hydrogens is 319 g/mol. The minimum absolute atomic E-state index is 0.148. The molecule has 1 atom stereocenters. The molecule has 0 spiro atoms. The third-order valence-electron chi connectivity index (χ3n) is 2.73. The number of carbonyl (C=O) groups is 3. The van der Waals surface area contributed by atoms with Crippen LogP contribution in [0.25, 0.3) is 0 Å². The monoisotopic (exact) mass is 328 g/mol. The zero-order valence-electron chi connectivity index (χ0n) is 9.70. The van der Waals surface area contributed by atoms with Gasteiger partial charge in [-0.3, -0.25) is 19.7 Å².